The van der Waals surface area contributed by atoms with E-state index in [0.29, 0.717) is 5.69 Å². The second kappa shape index (κ2) is 3.88. The summed E-state index contributed by atoms with van der Waals surface area (Å²) in [5, 5.41) is 17.4. The highest BCUT2D eigenvalue weighted by molar-refractivity contribution is 5.44. The van der Waals surface area contributed by atoms with Crippen LogP contribution in [0, 0.1) is 28.5 Å². The van der Waals surface area contributed by atoms with Crippen molar-refractivity contribution in [1.29, 1.82) is 10.5 Å². The average molecular weight is 211 g/mol. The SMILES string of the molecule is N#Cc1ccc(-n2cccc2C#N)c(F)c1. The van der Waals surface area contributed by atoms with Gasteiger partial charge in [0.2, 0.25) is 0 Å². The third-order valence-electron chi connectivity index (χ3n) is 2.20. The van der Waals surface area contributed by atoms with E-state index in [1.807, 2.05) is 12.1 Å². The summed E-state index contributed by atoms with van der Waals surface area (Å²) < 4.78 is 15.1. The first-order valence-corrected chi connectivity index (χ1v) is 4.53. The number of aromatic nitrogens is 1. The summed E-state index contributed by atoms with van der Waals surface area (Å²) in [5.74, 6) is -0.522. The van der Waals surface area contributed by atoms with Crippen molar-refractivity contribution >= 4 is 0 Å². The minimum atomic E-state index is -0.522. The van der Waals surface area contributed by atoms with E-state index in [9.17, 15) is 4.39 Å². The first kappa shape index (κ1) is 9.95. The minimum absolute atomic E-state index is 0.256. The van der Waals surface area contributed by atoms with Crippen molar-refractivity contribution in [3.63, 3.8) is 0 Å². The van der Waals surface area contributed by atoms with Crippen LogP contribution in [0.5, 0.6) is 0 Å². The lowest BCUT2D eigenvalue weighted by molar-refractivity contribution is 0.617. The van der Waals surface area contributed by atoms with Gasteiger partial charge in [-0.3, -0.25) is 0 Å². The highest BCUT2D eigenvalue weighted by Crippen LogP contribution is 2.17. The maximum absolute atomic E-state index is 13.6. The minimum Gasteiger partial charge on any atom is -0.305 e. The molecule has 0 saturated heterocycles. The molecule has 0 aliphatic carbocycles. The molecule has 0 aliphatic rings. The van der Waals surface area contributed by atoms with Crippen LogP contribution in [-0.2, 0) is 0 Å². The molecule has 0 bridgehead atoms. The van der Waals surface area contributed by atoms with Crippen LogP contribution in [0.3, 0.4) is 0 Å². The van der Waals surface area contributed by atoms with Crippen molar-refractivity contribution in [2.45, 2.75) is 0 Å². The summed E-state index contributed by atoms with van der Waals surface area (Å²) in [4.78, 5) is 0. The summed E-state index contributed by atoms with van der Waals surface area (Å²) in [5.41, 5.74) is 0.871. The second-order valence-electron chi connectivity index (χ2n) is 3.15. The van der Waals surface area contributed by atoms with Gasteiger partial charge in [-0.15, -0.1) is 0 Å². The number of rotatable bonds is 1. The van der Waals surface area contributed by atoms with Crippen LogP contribution >= 0.6 is 0 Å². The Morgan fingerprint density at radius 2 is 1.94 bits per heavy atom. The molecular formula is C12H6FN3. The fourth-order valence-electron chi connectivity index (χ4n) is 1.45. The van der Waals surface area contributed by atoms with Gasteiger partial charge >= 0.3 is 0 Å². The predicted molar refractivity (Wildman–Crippen MR) is 55.2 cm³/mol. The van der Waals surface area contributed by atoms with Crippen molar-refractivity contribution < 1.29 is 4.39 Å². The second-order valence-corrected chi connectivity index (χ2v) is 3.15. The monoisotopic (exact) mass is 211 g/mol. The number of benzene rings is 1. The van der Waals surface area contributed by atoms with Crippen LogP contribution in [0.2, 0.25) is 0 Å². The van der Waals surface area contributed by atoms with Crippen LogP contribution in [-0.4, -0.2) is 4.57 Å². The largest absolute Gasteiger partial charge is 0.305 e. The maximum Gasteiger partial charge on any atom is 0.148 e. The lowest BCUT2D eigenvalue weighted by Gasteiger charge is -2.05. The van der Waals surface area contributed by atoms with Crippen molar-refractivity contribution in [1.82, 2.24) is 4.57 Å². The van der Waals surface area contributed by atoms with Crippen LogP contribution in [0.15, 0.2) is 36.5 Å². The van der Waals surface area contributed by atoms with Gasteiger partial charge in [0, 0.05) is 6.20 Å². The Bertz CT molecular complexity index is 614. The van der Waals surface area contributed by atoms with Gasteiger partial charge < -0.3 is 4.57 Å². The van der Waals surface area contributed by atoms with E-state index in [1.165, 1.54) is 16.7 Å². The van der Waals surface area contributed by atoms with Crippen LogP contribution in [0.4, 0.5) is 4.39 Å². The zero-order valence-corrected chi connectivity index (χ0v) is 8.18. The van der Waals surface area contributed by atoms with E-state index < -0.39 is 5.82 Å². The molecular weight excluding hydrogens is 205 g/mol. The van der Waals surface area contributed by atoms with Crippen LogP contribution in [0.1, 0.15) is 11.3 Å². The first-order chi connectivity index (χ1) is 7.76. The zero-order chi connectivity index (χ0) is 11.5. The fourth-order valence-corrected chi connectivity index (χ4v) is 1.45. The molecule has 1 aromatic carbocycles. The Morgan fingerprint density at radius 1 is 1.12 bits per heavy atom. The topological polar surface area (TPSA) is 52.5 Å². The van der Waals surface area contributed by atoms with E-state index in [-0.39, 0.29) is 11.3 Å². The lowest BCUT2D eigenvalue weighted by Crippen LogP contribution is -1.99. The molecule has 2 aromatic rings. The van der Waals surface area contributed by atoms with Crippen molar-refractivity contribution in [3.8, 4) is 17.8 Å². The Morgan fingerprint density at radius 3 is 2.56 bits per heavy atom. The summed E-state index contributed by atoms with van der Waals surface area (Å²) in [6.45, 7) is 0. The van der Waals surface area contributed by atoms with Gasteiger partial charge in [0.25, 0.3) is 0 Å². The molecule has 3 nitrogen and oxygen atoms in total. The Kier molecular flexibility index (Phi) is 2.41. The van der Waals surface area contributed by atoms with Crippen LogP contribution < -0.4 is 0 Å². The number of halogens is 1. The molecule has 0 fully saturated rings. The fraction of sp³-hybridized carbons (Fsp3) is 0. The van der Waals surface area contributed by atoms with Crippen molar-refractivity contribution in [2.24, 2.45) is 0 Å². The van der Waals surface area contributed by atoms with Gasteiger partial charge in [0.1, 0.15) is 17.6 Å². The molecule has 0 atom stereocenters. The van der Waals surface area contributed by atoms with E-state index in [0.717, 1.165) is 6.07 Å². The van der Waals surface area contributed by atoms with Gasteiger partial charge in [0.05, 0.1) is 17.3 Å². The molecule has 16 heavy (non-hydrogen) atoms. The van der Waals surface area contributed by atoms with E-state index in [4.69, 9.17) is 10.5 Å². The summed E-state index contributed by atoms with van der Waals surface area (Å²) in [7, 11) is 0. The van der Waals surface area contributed by atoms with Gasteiger partial charge in [-0.1, -0.05) is 0 Å². The molecule has 4 heteroatoms. The molecule has 2 rings (SSSR count). The van der Waals surface area contributed by atoms with Crippen molar-refractivity contribution in [3.05, 3.63) is 53.6 Å². The van der Waals surface area contributed by atoms with Gasteiger partial charge in [-0.2, -0.15) is 10.5 Å². The molecule has 1 aromatic heterocycles. The highest BCUT2D eigenvalue weighted by Gasteiger charge is 2.08. The lowest BCUT2D eigenvalue weighted by atomic mass is 10.2. The smallest absolute Gasteiger partial charge is 0.148 e. The molecule has 0 radical (unpaired) electrons. The molecule has 76 valence electrons. The Labute approximate surface area is 91.6 Å². The summed E-state index contributed by atoms with van der Waals surface area (Å²) >= 11 is 0. The summed E-state index contributed by atoms with van der Waals surface area (Å²) in [6, 6.07) is 11.2. The first-order valence-electron chi connectivity index (χ1n) is 4.53. The number of hydrogen-bond donors (Lipinski definition) is 0. The van der Waals surface area contributed by atoms with Crippen molar-refractivity contribution in [2.75, 3.05) is 0 Å². The Balaban J connectivity index is 2.59. The highest BCUT2D eigenvalue weighted by atomic mass is 19.1. The van der Waals surface area contributed by atoms with E-state index in [1.54, 1.807) is 18.3 Å². The maximum atomic E-state index is 13.6. The number of nitrogens with zero attached hydrogens (tertiary/aromatic N) is 3. The van der Waals surface area contributed by atoms with Gasteiger partial charge in [-0.05, 0) is 30.3 Å². The normalized spacial score (nSPS) is 9.44. The molecule has 0 amide bonds. The van der Waals surface area contributed by atoms with Gasteiger partial charge in [-0.25, -0.2) is 4.39 Å². The summed E-state index contributed by atoms with van der Waals surface area (Å²) in [6.07, 6.45) is 1.60. The molecule has 0 saturated carbocycles. The van der Waals surface area contributed by atoms with Crippen LogP contribution in [0.25, 0.3) is 5.69 Å². The average Bonchev–Trinajstić information content (AvgIpc) is 2.76. The van der Waals surface area contributed by atoms with E-state index in [2.05, 4.69) is 0 Å². The number of nitriles is 2. The molecule has 0 unspecified atom stereocenters. The Hall–Kier alpha value is -2.59. The molecule has 0 spiro atoms. The van der Waals surface area contributed by atoms with Gasteiger partial charge in [0.15, 0.2) is 0 Å². The predicted octanol–water partition coefficient (Wildman–Crippen LogP) is 2.36. The number of hydrogen-bond acceptors (Lipinski definition) is 2. The third kappa shape index (κ3) is 1.53. The molecule has 1 heterocycles. The van der Waals surface area contributed by atoms with E-state index >= 15 is 0 Å². The zero-order valence-electron chi connectivity index (χ0n) is 8.18. The quantitative estimate of drug-likeness (QED) is 0.727. The molecule has 0 aliphatic heterocycles. The molecule has 0 N–H and O–H groups in total. The standard InChI is InChI=1S/C12H6FN3/c13-11-6-9(7-14)3-4-12(11)16-5-1-2-10(16)8-15/h1-6H. The third-order valence-corrected chi connectivity index (χ3v) is 2.20.